The summed E-state index contributed by atoms with van der Waals surface area (Å²) in [4.78, 5) is 22.1. The van der Waals surface area contributed by atoms with E-state index in [4.69, 9.17) is 4.74 Å². The van der Waals surface area contributed by atoms with E-state index in [1.165, 1.54) is 0 Å². The van der Waals surface area contributed by atoms with Gasteiger partial charge in [0, 0.05) is 19.1 Å². The average Bonchev–Trinajstić information content (AvgIpc) is 2.43. The Morgan fingerprint density at radius 1 is 1.43 bits per heavy atom. The van der Waals surface area contributed by atoms with Crippen molar-refractivity contribution < 1.29 is 4.74 Å². The van der Waals surface area contributed by atoms with Gasteiger partial charge in [-0.1, -0.05) is 13.8 Å². The first-order chi connectivity index (χ1) is 9.88. The normalized spacial score (nSPS) is 20.4. The van der Waals surface area contributed by atoms with Crippen LogP contribution in [0.3, 0.4) is 0 Å². The zero-order chi connectivity index (χ0) is 15.6. The molecule has 5 nitrogen and oxygen atoms in total. The summed E-state index contributed by atoms with van der Waals surface area (Å²) in [6, 6.07) is 0.474. The highest BCUT2D eigenvalue weighted by atomic mass is 127. The van der Waals surface area contributed by atoms with E-state index in [9.17, 15) is 4.79 Å². The molecule has 6 heteroatoms. The van der Waals surface area contributed by atoms with Gasteiger partial charge in [-0.2, -0.15) is 0 Å². The van der Waals surface area contributed by atoms with Crippen molar-refractivity contribution in [2.24, 2.45) is 5.92 Å². The minimum Gasteiger partial charge on any atom is -0.368 e. The van der Waals surface area contributed by atoms with Crippen LogP contribution < -0.4 is 5.56 Å². The van der Waals surface area contributed by atoms with Crippen LogP contribution in [-0.4, -0.2) is 40.6 Å². The van der Waals surface area contributed by atoms with Gasteiger partial charge in [-0.25, -0.2) is 4.98 Å². The molecule has 1 aliphatic rings. The van der Waals surface area contributed by atoms with E-state index in [1.807, 2.05) is 0 Å². The van der Waals surface area contributed by atoms with Crippen LogP contribution in [0.1, 0.15) is 45.3 Å². The lowest BCUT2D eigenvalue weighted by Gasteiger charge is -2.35. The quantitative estimate of drug-likeness (QED) is 0.782. The maximum Gasteiger partial charge on any atom is 0.264 e. The monoisotopic (exact) mass is 405 g/mol. The minimum atomic E-state index is -0.142. The number of halogens is 1. The number of ether oxygens (including phenoxy) is 1. The molecule has 1 atom stereocenters. The molecule has 0 aliphatic carbocycles. The molecule has 0 radical (unpaired) electrons. The number of H-pyrrole nitrogens is 1. The van der Waals surface area contributed by atoms with E-state index in [0.29, 0.717) is 28.0 Å². The van der Waals surface area contributed by atoms with Crippen molar-refractivity contribution >= 4 is 22.6 Å². The second-order valence-corrected chi connectivity index (χ2v) is 7.34. The molecule has 2 heterocycles. The maximum atomic E-state index is 12.1. The van der Waals surface area contributed by atoms with Crippen molar-refractivity contribution in [3.05, 3.63) is 25.4 Å². The molecule has 21 heavy (non-hydrogen) atoms. The van der Waals surface area contributed by atoms with Crippen LogP contribution in [-0.2, 0) is 11.2 Å². The molecule has 1 aromatic rings. The van der Waals surface area contributed by atoms with Crippen LogP contribution in [0, 0.1) is 9.49 Å². The van der Waals surface area contributed by atoms with Crippen molar-refractivity contribution in [3.8, 4) is 0 Å². The molecule has 1 saturated heterocycles. The number of aromatic amines is 1. The van der Waals surface area contributed by atoms with Gasteiger partial charge < -0.3 is 9.72 Å². The van der Waals surface area contributed by atoms with Gasteiger partial charge >= 0.3 is 0 Å². The van der Waals surface area contributed by atoms with Crippen LogP contribution in [0.4, 0.5) is 0 Å². The fourth-order valence-electron chi connectivity index (χ4n) is 2.50. The molecule has 118 valence electrons. The fraction of sp³-hybridized carbons (Fsp3) is 0.733. The zero-order valence-electron chi connectivity index (χ0n) is 13.1. The minimum absolute atomic E-state index is 0.0541. The van der Waals surface area contributed by atoms with Gasteiger partial charge in [0.2, 0.25) is 0 Å². The highest BCUT2D eigenvalue weighted by Crippen LogP contribution is 2.21. The van der Waals surface area contributed by atoms with Crippen LogP contribution in [0.2, 0.25) is 0 Å². The number of rotatable bonds is 4. The van der Waals surface area contributed by atoms with Crippen LogP contribution in [0.25, 0.3) is 0 Å². The molecule has 1 aliphatic heterocycles. The average molecular weight is 405 g/mol. The van der Waals surface area contributed by atoms with Gasteiger partial charge in [-0.15, -0.1) is 0 Å². The van der Waals surface area contributed by atoms with Crippen molar-refractivity contribution in [1.29, 1.82) is 0 Å². The molecule has 0 aromatic carbocycles. The third-order valence-electron chi connectivity index (χ3n) is 3.68. The van der Waals surface area contributed by atoms with Gasteiger partial charge in [0.1, 0.15) is 11.9 Å². The molecule has 1 unspecified atom stereocenters. The molecule has 1 fully saturated rings. The third-order valence-corrected chi connectivity index (χ3v) is 4.80. The zero-order valence-corrected chi connectivity index (χ0v) is 15.3. The molecule has 1 N–H and O–H groups in total. The summed E-state index contributed by atoms with van der Waals surface area (Å²) in [6.45, 7) is 11.0. The standard InChI is InChI=1S/C15H24IN3O2/c1-9(2)7-11-13(16)15(20)18-14(17-11)12-8-19(10(3)4)5-6-21-12/h9-10,12H,5-8H2,1-4H3,(H,17,18,20). The maximum absolute atomic E-state index is 12.1. The van der Waals surface area contributed by atoms with E-state index >= 15 is 0 Å². The Morgan fingerprint density at radius 3 is 2.76 bits per heavy atom. The van der Waals surface area contributed by atoms with Gasteiger partial charge in [0.15, 0.2) is 0 Å². The van der Waals surface area contributed by atoms with Gasteiger partial charge in [0.05, 0.1) is 15.9 Å². The molecule has 2 rings (SSSR count). The van der Waals surface area contributed by atoms with Crippen molar-refractivity contribution in [3.63, 3.8) is 0 Å². The van der Waals surface area contributed by atoms with Crippen molar-refractivity contribution in [2.45, 2.75) is 46.3 Å². The Morgan fingerprint density at radius 2 is 2.14 bits per heavy atom. The van der Waals surface area contributed by atoms with Gasteiger partial charge in [-0.05, 0) is 48.8 Å². The summed E-state index contributed by atoms with van der Waals surface area (Å²) in [5.74, 6) is 1.14. The Bertz CT molecular complexity index is 542. The summed E-state index contributed by atoms with van der Waals surface area (Å²) in [5.41, 5.74) is 0.830. The number of hydrogen-bond donors (Lipinski definition) is 1. The molecule has 0 spiro atoms. The highest BCUT2D eigenvalue weighted by Gasteiger charge is 2.26. The Balaban J connectivity index is 2.27. The van der Waals surface area contributed by atoms with E-state index in [0.717, 1.165) is 25.2 Å². The first kappa shape index (κ1) is 16.9. The second-order valence-electron chi connectivity index (χ2n) is 6.26. The van der Waals surface area contributed by atoms with Crippen LogP contribution in [0.5, 0.6) is 0 Å². The largest absolute Gasteiger partial charge is 0.368 e. The lowest BCUT2D eigenvalue weighted by molar-refractivity contribution is -0.0445. The first-order valence-electron chi connectivity index (χ1n) is 7.52. The van der Waals surface area contributed by atoms with Crippen molar-refractivity contribution in [2.75, 3.05) is 19.7 Å². The molecule has 0 saturated carbocycles. The molecular formula is C15H24IN3O2. The lowest BCUT2D eigenvalue weighted by Crippen LogP contribution is -2.43. The first-order valence-corrected chi connectivity index (χ1v) is 8.60. The summed E-state index contributed by atoms with van der Waals surface area (Å²) in [7, 11) is 0. The topological polar surface area (TPSA) is 58.2 Å². The lowest BCUT2D eigenvalue weighted by atomic mass is 10.1. The highest BCUT2D eigenvalue weighted by molar-refractivity contribution is 14.1. The molecule has 0 bridgehead atoms. The summed E-state index contributed by atoms with van der Waals surface area (Å²) < 4.78 is 6.52. The Labute approximate surface area is 139 Å². The summed E-state index contributed by atoms with van der Waals surface area (Å²) in [6.07, 6.45) is 0.673. The second kappa shape index (κ2) is 7.19. The summed E-state index contributed by atoms with van der Waals surface area (Å²) >= 11 is 2.08. The fourth-order valence-corrected chi connectivity index (χ4v) is 2.98. The molecule has 0 amide bonds. The Hall–Kier alpha value is -0.470. The number of nitrogens with one attached hydrogen (secondary N) is 1. The van der Waals surface area contributed by atoms with Crippen LogP contribution >= 0.6 is 22.6 Å². The van der Waals surface area contributed by atoms with Crippen molar-refractivity contribution in [1.82, 2.24) is 14.9 Å². The molecular weight excluding hydrogens is 381 g/mol. The van der Waals surface area contributed by atoms with Crippen LogP contribution in [0.15, 0.2) is 4.79 Å². The third kappa shape index (κ3) is 4.26. The number of aromatic nitrogens is 2. The van der Waals surface area contributed by atoms with Gasteiger partial charge in [0.25, 0.3) is 5.56 Å². The predicted octanol–water partition coefficient (Wildman–Crippen LogP) is 2.35. The summed E-state index contributed by atoms with van der Waals surface area (Å²) in [5, 5.41) is 0. The predicted molar refractivity (Wildman–Crippen MR) is 91.5 cm³/mol. The van der Waals surface area contributed by atoms with E-state index in [-0.39, 0.29) is 11.7 Å². The Kier molecular flexibility index (Phi) is 5.79. The van der Waals surface area contributed by atoms with Gasteiger partial charge in [-0.3, -0.25) is 9.69 Å². The van der Waals surface area contributed by atoms with E-state index in [2.05, 4.69) is 65.2 Å². The number of hydrogen-bond acceptors (Lipinski definition) is 4. The van der Waals surface area contributed by atoms with E-state index < -0.39 is 0 Å². The number of morpholine rings is 1. The number of nitrogens with zero attached hydrogens (tertiary/aromatic N) is 2. The smallest absolute Gasteiger partial charge is 0.264 e. The SMILES string of the molecule is CC(C)Cc1nc(C2CN(C(C)C)CCO2)[nH]c(=O)c1I. The molecule has 1 aromatic heterocycles. The van der Waals surface area contributed by atoms with E-state index in [1.54, 1.807) is 0 Å².